The maximum atomic E-state index is 12.7. The molecule has 3 aromatic rings. The van der Waals surface area contributed by atoms with Crippen LogP contribution in [-0.4, -0.2) is 21.6 Å². The van der Waals surface area contributed by atoms with Crippen LogP contribution in [0.25, 0.3) is 5.65 Å². The highest BCUT2D eigenvalue weighted by molar-refractivity contribution is 5.65. The summed E-state index contributed by atoms with van der Waals surface area (Å²) in [7, 11) is 1.54. The number of fused-ring (bicyclic) bond motifs is 2. The van der Waals surface area contributed by atoms with Crippen molar-refractivity contribution < 1.29 is 9.84 Å². The first-order chi connectivity index (χ1) is 12.2. The summed E-state index contributed by atoms with van der Waals surface area (Å²) in [6, 6.07) is 9.65. The molecule has 0 saturated heterocycles. The molecular formula is C19H19N3O3. The molecule has 1 aliphatic rings. The number of pyridine rings is 1. The molecular weight excluding hydrogens is 318 g/mol. The highest BCUT2D eigenvalue weighted by Gasteiger charge is 2.16. The fourth-order valence-corrected chi connectivity index (χ4v) is 3.36. The van der Waals surface area contributed by atoms with E-state index in [1.807, 2.05) is 6.07 Å². The van der Waals surface area contributed by atoms with Gasteiger partial charge in [-0.2, -0.15) is 0 Å². The number of methoxy groups -OCH3 is 1. The number of aliphatic hydroxyl groups is 1. The summed E-state index contributed by atoms with van der Waals surface area (Å²) >= 11 is 0. The number of ether oxygens (including phenoxy) is 1. The molecule has 0 bridgehead atoms. The largest absolute Gasteiger partial charge is 0.493 e. The SMILES string of the molecule is COc1cccn2c(=O)c(CO)c(Nc3ccc4c(c3)CCC4)nc12. The van der Waals surface area contributed by atoms with Gasteiger partial charge < -0.3 is 15.2 Å². The van der Waals surface area contributed by atoms with Crippen molar-refractivity contribution in [1.82, 2.24) is 9.38 Å². The molecule has 0 radical (unpaired) electrons. The summed E-state index contributed by atoms with van der Waals surface area (Å²) in [6.07, 6.45) is 4.97. The first-order valence-corrected chi connectivity index (χ1v) is 8.29. The van der Waals surface area contributed by atoms with Gasteiger partial charge in [0.25, 0.3) is 5.56 Å². The number of aromatic nitrogens is 2. The van der Waals surface area contributed by atoms with E-state index in [2.05, 4.69) is 22.4 Å². The topological polar surface area (TPSA) is 75.9 Å². The molecule has 1 aliphatic carbocycles. The van der Waals surface area contributed by atoms with Crippen LogP contribution in [0.1, 0.15) is 23.1 Å². The Morgan fingerprint density at radius 1 is 1.28 bits per heavy atom. The minimum Gasteiger partial charge on any atom is -0.493 e. The Bertz CT molecular complexity index is 1010. The lowest BCUT2D eigenvalue weighted by atomic mass is 10.1. The van der Waals surface area contributed by atoms with Crippen molar-refractivity contribution in [2.24, 2.45) is 0 Å². The number of aliphatic hydroxyl groups excluding tert-OH is 1. The molecule has 0 atom stereocenters. The van der Waals surface area contributed by atoms with Gasteiger partial charge in [0.05, 0.1) is 19.3 Å². The molecule has 6 nitrogen and oxygen atoms in total. The zero-order chi connectivity index (χ0) is 17.4. The Hall–Kier alpha value is -2.86. The number of nitrogens with one attached hydrogen (secondary N) is 1. The van der Waals surface area contributed by atoms with Gasteiger partial charge in [-0.25, -0.2) is 4.98 Å². The van der Waals surface area contributed by atoms with E-state index in [0.29, 0.717) is 17.2 Å². The molecule has 2 heterocycles. The number of hydrogen-bond donors (Lipinski definition) is 2. The zero-order valence-corrected chi connectivity index (χ0v) is 14.0. The molecule has 6 heteroatoms. The van der Waals surface area contributed by atoms with Crippen molar-refractivity contribution in [3.8, 4) is 5.75 Å². The zero-order valence-electron chi connectivity index (χ0n) is 14.0. The third-order valence-corrected chi connectivity index (χ3v) is 4.65. The van der Waals surface area contributed by atoms with Crippen LogP contribution in [0.5, 0.6) is 5.75 Å². The van der Waals surface area contributed by atoms with E-state index >= 15 is 0 Å². The van der Waals surface area contributed by atoms with E-state index in [0.717, 1.165) is 18.5 Å². The monoisotopic (exact) mass is 337 g/mol. The van der Waals surface area contributed by atoms with E-state index in [1.165, 1.54) is 29.1 Å². The summed E-state index contributed by atoms with van der Waals surface area (Å²) < 4.78 is 6.70. The quantitative estimate of drug-likeness (QED) is 0.765. The fraction of sp³-hybridized carbons (Fsp3) is 0.263. The van der Waals surface area contributed by atoms with E-state index in [9.17, 15) is 9.90 Å². The Morgan fingerprint density at radius 3 is 2.92 bits per heavy atom. The summed E-state index contributed by atoms with van der Waals surface area (Å²) in [6.45, 7) is -0.390. The van der Waals surface area contributed by atoms with Crippen LogP contribution in [0.2, 0.25) is 0 Å². The van der Waals surface area contributed by atoms with Gasteiger partial charge in [0.15, 0.2) is 11.4 Å². The second kappa shape index (κ2) is 6.22. The Balaban J connectivity index is 1.84. The normalized spacial score (nSPS) is 13.0. The van der Waals surface area contributed by atoms with Gasteiger partial charge in [-0.1, -0.05) is 6.07 Å². The fourth-order valence-electron chi connectivity index (χ4n) is 3.36. The van der Waals surface area contributed by atoms with Gasteiger partial charge in [0, 0.05) is 11.9 Å². The highest BCUT2D eigenvalue weighted by Crippen LogP contribution is 2.27. The van der Waals surface area contributed by atoms with Gasteiger partial charge in [-0.15, -0.1) is 0 Å². The van der Waals surface area contributed by atoms with E-state index < -0.39 is 0 Å². The third-order valence-electron chi connectivity index (χ3n) is 4.65. The number of hydrogen-bond acceptors (Lipinski definition) is 5. The molecule has 25 heavy (non-hydrogen) atoms. The van der Waals surface area contributed by atoms with Crippen molar-refractivity contribution >= 4 is 17.2 Å². The number of benzene rings is 1. The van der Waals surface area contributed by atoms with Crippen molar-refractivity contribution in [3.05, 3.63) is 63.6 Å². The molecule has 4 rings (SSSR count). The number of nitrogens with zero attached hydrogens (tertiary/aromatic N) is 2. The lowest BCUT2D eigenvalue weighted by Crippen LogP contribution is -2.22. The average molecular weight is 337 g/mol. The first kappa shape index (κ1) is 15.7. The van der Waals surface area contributed by atoms with E-state index in [-0.39, 0.29) is 17.7 Å². The number of rotatable bonds is 4. The summed E-state index contributed by atoms with van der Waals surface area (Å²) in [5.41, 5.74) is 3.89. The highest BCUT2D eigenvalue weighted by atomic mass is 16.5. The van der Waals surface area contributed by atoms with Crippen LogP contribution in [0, 0.1) is 0 Å². The lowest BCUT2D eigenvalue weighted by molar-refractivity contribution is 0.280. The minimum atomic E-state index is -0.390. The number of anilines is 2. The third kappa shape index (κ3) is 2.64. The van der Waals surface area contributed by atoms with Crippen molar-refractivity contribution in [2.75, 3.05) is 12.4 Å². The second-order valence-electron chi connectivity index (χ2n) is 6.13. The van der Waals surface area contributed by atoms with Crippen molar-refractivity contribution in [1.29, 1.82) is 0 Å². The standard InChI is InChI=1S/C19H19N3O3/c1-25-16-6-3-9-22-18(16)21-17(15(11-23)19(22)24)20-14-8-7-12-4-2-5-13(12)10-14/h3,6-10,20,23H,2,4-5,11H2,1H3. The van der Waals surface area contributed by atoms with Gasteiger partial charge in [0.1, 0.15) is 5.82 Å². The van der Waals surface area contributed by atoms with Crippen molar-refractivity contribution in [3.63, 3.8) is 0 Å². The van der Waals surface area contributed by atoms with Crippen LogP contribution in [0.3, 0.4) is 0 Å². The van der Waals surface area contributed by atoms with Gasteiger partial charge in [-0.05, 0) is 54.7 Å². The van der Waals surface area contributed by atoms with Crippen LogP contribution in [0.15, 0.2) is 41.3 Å². The first-order valence-electron chi connectivity index (χ1n) is 8.29. The lowest BCUT2D eigenvalue weighted by Gasteiger charge is -2.13. The van der Waals surface area contributed by atoms with Crippen LogP contribution in [-0.2, 0) is 19.4 Å². The maximum absolute atomic E-state index is 12.7. The number of aryl methyl sites for hydroxylation is 2. The van der Waals surface area contributed by atoms with Crippen LogP contribution in [0.4, 0.5) is 11.5 Å². The molecule has 0 amide bonds. The predicted octanol–water partition coefficient (Wildman–Crippen LogP) is 2.43. The minimum absolute atomic E-state index is 0.228. The summed E-state index contributed by atoms with van der Waals surface area (Å²) in [5.74, 6) is 0.857. The molecule has 1 aromatic carbocycles. The van der Waals surface area contributed by atoms with E-state index in [1.54, 1.807) is 18.3 Å². The maximum Gasteiger partial charge on any atom is 0.265 e. The second-order valence-corrected chi connectivity index (χ2v) is 6.13. The Labute approximate surface area is 144 Å². The molecule has 0 saturated carbocycles. The Morgan fingerprint density at radius 2 is 2.12 bits per heavy atom. The molecule has 2 N–H and O–H groups in total. The smallest absolute Gasteiger partial charge is 0.265 e. The summed E-state index contributed by atoms with van der Waals surface area (Å²) in [5, 5.41) is 12.9. The average Bonchev–Trinajstić information content (AvgIpc) is 3.09. The molecule has 0 spiro atoms. The molecule has 2 aromatic heterocycles. The molecule has 128 valence electrons. The Kier molecular flexibility index (Phi) is 3.89. The van der Waals surface area contributed by atoms with Gasteiger partial charge in [0.2, 0.25) is 0 Å². The molecule has 0 fully saturated rings. The van der Waals surface area contributed by atoms with Crippen molar-refractivity contribution in [2.45, 2.75) is 25.9 Å². The van der Waals surface area contributed by atoms with Crippen LogP contribution >= 0.6 is 0 Å². The van der Waals surface area contributed by atoms with Gasteiger partial charge in [-0.3, -0.25) is 9.20 Å². The van der Waals surface area contributed by atoms with Crippen LogP contribution < -0.4 is 15.6 Å². The van der Waals surface area contributed by atoms with Gasteiger partial charge >= 0.3 is 0 Å². The van der Waals surface area contributed by atoms with E-state index in [4.69, 9.17) is 4.74 Å². The predicted molar refractivity (Wildman–Crippen MR) is 95.7 cm³/mol. The summed E-state index contributed by atoms with van der Waals surface area (Å²) in [4.78, 5) is 17.2. The molecule has 0 aliphatic heterocycles. The molecule has 0 unspecified atom stereocenters.